The topological polar surface area (TPSA) is 172 Å². The highest BCUT2D eigenvalue weighted by atomic mass is 31.2. The molecule has 2 aromatic carbocycles. The minimum Gasteiger partial charge on any atom is -0.502 e. The second kappa shape index (κ2) is 14.9. The molecule has 2 amide bonds. The van der Waals surface area contributed by atoms with Crippen LogP contribution in [0.2, 0.25) is 0 Å². The maximum Gasteiger partial charge on any atom is 0.318 e. The third-order valence-electron chi connectivity index (χ3n) is 8.56. The second-order valence-corrected chi connectivity index (χ2v) is 14.6. The number of halogens is 2. The minimum absolute atomic E-state index is 0.0123. The first-order chi connectivity index (χ1) is 23.7. The summed E-state index contributed by atoms with van der Waals surface area (Å²) in [5, 5.41) is 28.6. The number of pyridine rings is 1. The first-order valence-electron chi connectivity index (χ1n) is 16.0. The summed E-state index contributed by atoms with van der Waals surface area (Å²) in [6.45, 7) is 4.71. The molecule has 4 N–H and O–H groups in total. The maximum absolute atomic E-state index is 14.6. The lowest BCUT2D eigenvalue weighted by Crippen LogP contribution is -2.70. The number of likely N-dealkylation sites (N-methyl/N-ethyl adjacent to an activating group) is 1. The Bertz CT molecular complexity index is 1840. The molecule has 17 heteroatoms. The standard InChI is InChI=1S/C33H40F2N5O9P/c1-20(2)48-32(45)21(3)37-50(46,49-24-8-6-5-7-9-24)15-13-40-33(12-14-47-19-33)38(4)31(44)27-29(42)28(41)25(18-39(27)40)30(43)36-17-22-10-11-23(34)16-26(22)35/h5-11,16,18,20-21,32,42,45H,12-15,17,19H2,1-4H3,(H,36,43)(H,37,46)/t21-,32?,33-,50?/m0/s1. The highest BCUT2D eigenvalue weighted by Gasteiger charge is 2.53. The number of nitrogens with zero attached hydrogens (tertiary/aromatic N) is 3. The Hall–Kier alpha value is -4.34. The van der Waals surface area contributed by atoms with Crippen molar-refractivity contribution in [2.24, 2.45) is 0 Å². The monoisotopic (exact) mass is 719 g/mol. The smallest absolute Gasteiger partial charge is 0.318 e. The van der Waals surface area contributed by atoms with Crippen molar-refractivity contribution in [3.05, 3.63) is 93.4 Å². The van der Waals surface area contributed by atoms with Crippen LogP contribution in [0.4, 0.5) is 8.78 Å². The number of benzene rings is 2. The van der Waals surface area contributed by atoms with Crippen LogP contribution in [-0.2, 0) is 20.6 Å². The summed E-state index contributed by atoms with van der Waals surface area (Å²) >= 11 is 0. The van der Waals surface area contributed by atoms with Gasteiger partial charge < -0.3 is 34.4 Å². The van der Waals surface area contributed by atoms with E-state index < -0.39 is 77.9 Å². The van der Waals surface area contributed by atoms with Crippen molar-refractivity contribution in [3.63, 3.8) is 0 Å². The number of ether oxygens (including phenoxy) is 2. The molecule has 2 aliphatic rings. The summed E-state index contributed by atoms with van der Waals surface area (Å²) in [5.74, 6) is -4.18. The number of amides is 2. The molecule has 3 heterocycles. The molecule has 14 nitrogen and oxygen atoms in total. The number of aliphatic hydroxyl groups excluding tert-OH is 1. The lowest BCUT2D eigenvalue weighted by Gasteiger charge is -2.52. The highest BCUT2D eigenvalue weighted by Crippen LogP contribution is 2.45. The van der Waals surface area contributed by atoms with Crippen LogP contribution in [0.25, 0.3) is 0 Å². The van der Waals surface area contributed by atoms with Gasteiger partial charge in [0, 0.05) is 44.4 Å². The Morgan fingerprint density at radius 2 is 1.86 bits per heavy atom. The minimum atomic E-state index is -3.93. The number of hydrogen-bond donors (Lipinski definition) is 4. The molecule has 4 atom stereocenters. The Balaban J connectivity index is 1.52. The maximum atomic E-state index is 14.6. The largest absolute Gasteiger partial charge is 0.502 e. The summed E-state index contributed by atoms with van der Waals surface area (Å²) in [6.07, 6.45) is -0.579. The summed E-state index contributed by atoms with van der Waals surface area (Å²) < 4.78 is 60.6. The lowest BCUT2D eigenvalue weighted by molar-refractivity contribution is -0.137. The van der Waals surface area contributed by atoms with E-state index in [0.29, 0.717) is 6.07 Å². The Kier molecular flexibility index (Phi) is 11.0. The summed E-state index contributed by atoms with van der Waals surface area (Å²) in [6, 6.07) is 10.3. The number of nitrogens with one attached hydrogen (secondary N) is 2. The molecule has 0 radical (unpaired) electrons. The van der Waals surface area contributed by atoms with Gasteiger partial charge in [-0.2, -0.15) is 0 Å². The van der Waals surface area contributed by atoms with Crippen LogP contribution in [-0.4, -0.2) is 88.7 Å². The molecule has 1 spiro atoms. The van der Waals surface area contributed by atoms with Gasteiger partial charge in [0.15, 0.2) is 23.4 Å². The molecule has 1 fully saturated rings. The third kappa shape index (κ3) is 7.54. The zero-order valence-electron chi connectivity index (χ0n) is 28.0. The van der Waals surface area contributed by atoms with E-state index in [-0.39, 0.29) is 49.8 Å². The van der Waals surface area contributed by atoms with E-state index in [0.717, 1.165) is 18.3 Å². The first-order valence-corrected chi connectivity index (χ1v) is 17.8. The lowest BCUT2D eigenvalue weighted by atomic mass is 10.0. The number of carbonyl (C=O) groups excluding carboxylic acids is 2. The molecular weight excluding hydrogens is 679 g/mol. The van der Waals surface area contributed by atoms with Gasteiger partial charge in [0.1, 0.15) is 22.9 Å². The zero-order chi connectivity index (χ0) is 36.4. The van der Waals surface area contributed by atoms with Crippen molar-refractivity contribution >= 4 is 19.3 Å². The molecular formula is C33H40F2N5O9P. The second-order valence-electron chi connectivity index (χ2n) is 12.4. The van der Waals surface area contributed by atoms with E-state index in [2.05, 4.69) is 10.4 Å². The number of aliphatic hydroxyl groups is 1. The third-order valence-corrected chi connectivity index (χ3v) is 10.7. The van der Waals surface area contributed by atoms with Gasteiger partial charge in [-0.3, -0.25) is 28.6 Å². The van der Waals surface area contributed by atoms with Crippen molar-refractivity contribution in [2.45, 2.75) is 57.8 Å². The van der Waals surface area contributed by atoms with Crippen LogP contribution < -0.4 is 25.4 Å². The summed E-state index contributed by atoms with van der Waals surface area (Å²) in [5.41, 5.74) is -3.43. The molecule has 2 unspecified atom stereocenters. The summed E-state index contributed by atoms with van der Waals surface area (Å²) in [7, 11) is -2.44. The molecule has 5 rings (SSSR count). The quantitative estimate of drug-likeness (QED) is 0.151. The first kappa shape index (κ1) is 36.9. The molecule has 0 bridgehead atoms. The van der Waals surface area contributed by atoms with E-state index >= 15 is 0 Å². The van der Waals surface area contributed by atoms with Gasteiger partial charge in [-0.05, 0) is 39.0 Å². The SMILES string of the molecule is CC(C)OC(O)[C@H](C)NP(=O)(CCN1n2cc(C(=O)NCc3ccc(F)cc3F)c(=O)c(O)c2C(=O)N(C)[C@@]12CCOC2)Oc1ccccc1. The van der Waals surface area contributed by atoms with E-state index in [4.69, 9.17) is 14.0 Å². The van der Waals surface area contributed by atoms with E-state index in [1.54, 1.807) is 56.1 Å². The fourth-order valence-corrected chi connectivity index (χ4v) is 7.85. The Morgan fingerprint density at radius 3 is 2.50 bits per heavy atom. The summed E-state index contributed by atoms with van der Waals surface area (Å²) in [4.78, 5) is 41.7. The number of hydrogen-bond acceptors (Lipinski definition) is 10. The van der Waals surface area contributed by atoms with Crippen LogP contribution in [0.15, 0.2) is 59.5 Å². The molecule has 2 aliphatic heterocycles. The van der Waals surface area contributed by atoms with E-state index in [1.165, 1.54) is 16.6 Å². The highest BCUT2D eigenvalue weighted by molar-refractivity contribution is 7.57. The molecule has 0 aliphatic carbocycles. The molecule has 3 aromatic rings. The molecule has 270 valence electrons. The fraction of sp³-hybridized carbons (Fsp3) is 0.424. The normalized spacial score (nSPS) is 19.7. The average molecular weight is 720 g/mol. The van der Waals surface area contributed by atoms with Crippen molar-refractivity contribution in [1.29, 1.82) is 0 Å². The number of aromatic nitrogens is 1. The Morgan fingerprint density at radius 1 is 1.14 bits per heavy atom. The molecule has 0 saturated carbocycles. The number of carbonyl (C=O) groups is 2. The fourth-order valence-electron chi connectivity index (χ4n) is 5.91. The van der Waals surface area contributed by atoms with Gasteiger partial charge in [0.2, 0.25) is 5.43 Å². The number of rotatable bonds is 13. The number of aromatic hydroxyl groups is 1. The predicted octanol–water partition coefficient (Wildman–Crippen LogP) is 2.90. The van der Waals surface area contributed by atoms with Crippen molar-refractivity contribution in [3.8, 4) is 11.5 Å². The number of fused-ring (bicyclic) bond motifs is 1. The van der Waals surface area contributed by atoms with Crippen molar-refractivity contribution in [1.82, 2.24) is 20.0 Å². The van der Waals surface area contributed by atoms with E-state index in [1.807, 2.05) is 0 Å². The number of para-hydroxylation sites is 1. The predicted molar refractivity (Wildman–Crippen MR) is 178 cm³/mol. The van der Waals surface area contributed by atoms with Gasteiger partial charge in [-0.15, -0.1) is 0 Å². The molecule has 1 saturated heterocycles. The molecule has 50 heavy (non-hydrogen) atoms. The van der Waals surface area contributed by atoms with Crippen LogP contribution in [0, 0.1) is 11.6 Å². The molecule has 1 aromatic heterocycles. The van der Waals surface area contributed by atoms with Crippen LogP contribution in [0.5, 0.6) is 11.5 Å². The van der Waals surface area contributed by atoms with Crippen LogP contribution in [0.3, 0.4) is 0 Å². The van der Waals surface area contributed by atoms with Gasteiger partial charge in [0.05, 0.1) is 31.5 Å². The van der Waals surface area contributed by atoms with Crippen molar-refractivity contribution < 1.29 is 47.1 Å². The van der Waals surface area contributed by atoms with Gasteiger partial charge in [0.25, 0.3) is 11.8 Å². The Labute approximate surface area is 287 Å². The van der Waals surface area contributed by atoms with Crippen molar-refractivity contribution in [2.75, 3.05) is 38.0 Å². The van der Waals surface area contributed by atoms with Crippen LogP contribution >= 0.6 is 7.52 Å². The zero-order valence-corrected chi connectivity index (χ0v) is 28.9. The van der Waals surface area contributed by atoms with Gasteiger partial charge >= 0.3 is 7.52 Å². The van der Waals surface area contributed by atoms with E-state index in [9.17, 15) is 37.9 Å². The average Bonchev–Trinajstić information content (AvgIpc) is 3.55. The van der Waals surface area contributed by atoms with Gasteiger partial charge in [-0.25, -0.2) is 13.9 Å². The van der Waals surface area contributed by atoms with Crippen LogP contribution in [0.1, 0.15) is 53.6 Å². The van der Waals surface area contributed by atoms with Gasteiger partial charge in [-0.1, -0.05) is 24.3 Å².